The first-order valence-electron chi connectivity index (χ1n) is 6.13. The molecule has 1 rings (SSSR count). The topological polar surface area (TPSA) is 49.3 Å². The van der Waals surface area contributed by atoms with Gasteiger partial charge >= 0.3 is 0 Å². The van der Waals surface area contributed by atoms with Gasteiger partial charge in [-0.25, -0.2) is 0 Å². The first-order valence-corrected chi connectivity index (χ1v) is 8.51. The number of aliphatic hydroxyl groups is 1. The molecule has 18 heavy (non-hydrogen) atoms. The van der Waals surface area contributed by atoms with Gasteiger partial charge in [0.15, 0.2) is 8.37 Å². The van der Waals surface area contributed by atoms with Gasteiger partial charge in [0.25, 0.3) is 0 Å². The third kappa shape index (κ3) is 3.93. The van der Waals surface area contributed by atoms with Crippen LogP contribution in [0.3, 0.4) is 0 Å². The zero-order valence-corrected chi connectivity index (χ0v) is 15.6. The van der Waals surface area contributed by atoms with E-state index in [4.69, 9.17) is 0 Å². The Morgan fingerprint density at radius 1 is 1.44 bits per heavy atom. The van der Waals surface area contributed by atoms with Crippen LogP contribution >= 0.6 is 47.8 Å². The van der Waals surface area contributed by atoms with Crippen LogP contribution < -0.4 is 5.32 Å². The zero-order chi connectivity index (χ0) is 14.1. The van der Waals surface area contributed by atoms with Crippen LogP contribution in [0.4, 0.5) is 0 Å². The summed E-state index contributed by atoms with van der Waals surface area (Å²) in [5.74, 6) is 1.01. The summed E-state index contributed by atoms with van der Waals surface area (Å²) in [6, 6.07) is 0. The maximum atomic E-state index is 11.9. The van der Waals surface area contributed by atoms with Crippen molar-refractivity contribution in [3.05, 3.63) is 0 Å². The molecule has 106 valence electrons. The van der Waals surface area contributed by atoms with E-state index < -0.39 is 8.37 Å². The summed E-state index contributed by atoms with van der Waals surface area (Å²) < 4.78 is -0.871. The van der Waals surface area contributed by atoms with E-state index >= 15 is 0 Å². The van der Waals surface area contributed by atoms with E-state index in [1.54, 1.807) is 0 Å². The van der Waals surface area contributed by atoms with Crippen LogP contribution in [0.5, 0.6) is 0 Å². The molecule has 0 saturated heterocycles. The highest BCUT2D eigenvalue weighted by Gasteiger charge is 2.47. The number of halogens is 3. The fraction of sp³-hybridized carbons (Fsp3) is 0.917. The number of alkyl halides is 3. The second kappa shape index (κ2) is 6.10. The zero-order valence-electron chi connectivity index (χ0n) is 10.8. The molecule has 1 saturated carbocycles. The maximum Gasteiger partial charge on any atom is 0.222 e. The van der Waals surface area contributed by atoms with Crippen LogP contribution in [-0.4, -0.2) is 19.4 Å². The number of carbonyl (C=O) groups excluding carboxylic acids is 1. The van der Waals surface area contributed by atoms with Crippen LogP contribution in [0.15, 0.2) is 0 Å². The molecule has 1 aliphatic rings. The summed E-state index contributed by atoms with van der Waals surface area (Å²) in [6.45, 7) is 6.65. The van der Waals surface area contributed by atoms with Crippen LogP contribution in [0.25, 0.3) is 0 Å². The second-order valence-corrected chi connectivity index (χ2v) is 12.5. The van der Waals surface area contributed by atoms with Crippen molar-refractivity contribution in [2.24, 2.45) is 17.3 Å². The van der Waals surface area contributed by atoms with Gasteiger partial charge in [0.2, 0.25) is 5.91 Å². The molecule has 1 fully saturated rings. The minimum absolute atomic E-state index is 0.113. The summed E-state index contributed by atoms with van der Waals surface area (Å²) in [5.41, 5.74) is 0.228. The smallest absolute Gasteiger partial charge is 0.222 e. The highest BCUT2D eigenvalue weighted by molar-refractivity contribution is 9.39. The molecule has 0 aromatic rings. The predicted octanol–water partition coefficient (Wildman–Crippen LogP) is 3.72. The maximum absolute atomic E-state index is 11.9. The lowest BCUT2D eigenvalue weighted by Crippen LogP contribution is -2.49. The number of carbonyl (C=O) groups is 1. The monoisotopic (exact) mass is 447 g/mol. The fourth-order valence-electron chi connectivity index (χ4n) is 2.68. The molecule has 1 amide bonds. The van der Waals surface area contributed by atoms with E-state index in [1.165, 1.54) is 6.42 Å². The first-order chi connectivity index (χ1) is 8.09. The summed E-state index contributed by atoms with van der Waals surface area (Å²) in [5, 5.41) is 12.3. The van der Waals surface area contributed by atoms with E-state index in [1.807, 2.05) is 0 Å². The average molecular weight is 450 g/mol. The Bertz CT molecular complexity index is 315. The van der Waals surface area contributed by atoms with Gasteiger partial charge in [0.1, 0.15) is 0 Å². The van der Waals surface area contributed by atoms with Gasteiger partial charge in [0.05, 0.1) is 0 Å². The molecule has 0 aromatic heterocycles. The SMILES string of the molecule is CCC1CC(CC(=O)NC(O)C(Br)(Br)Br)C1(C)C. The lowest BCUT2D eigenvalue weighted by atomic mass is 9.53. The van der Waals surface area contributed by atoms with Crippen molar-refractivity contribution < 1.29 is 9.90 Å². The second-order valence-electron chi connectivity index (χ2n) is 5.57. The van der Waals surface area contributed by atoms with Gasteiger partial charge in [-0.1, -0.05) is 75.0 Å². The molecule has 0 aromatic carbocycles. The third-order valence-electron chi connectivity index (χ3n) is 4.21. The third-order valence-corrected chi connectivity index (χ3v) is 5.51. The summed E-state index contributed by atoms with van der Waals surface area (Å²) in [6.07, 6.45) is 1.73. The Morgan fingerprint density at radius 2 is 2.00 bits per heavy atom. The Kier molecular flexibility index (Phi) is 5.74. The van der Waals surface area contributed by atoms with Gasteiger partial charge < -0.3 is 10.4 Å². The van der Waals surface area contributed by atoms with Crippen molar-refractivity contribution in [1.82, 2.24) is 5.32 Å². The van der Waals surface area contributed by atoms with E-state index in [-0.39, 0.29) is 11.3 Å². The van der Waals surface area contributed by atoms with Gasteiger partial charge in [-0.05, 0) is 23.7 Å². The van der Waals surface area contributed by atoms with E-state index in [0.717, 1.165) is 6.42 Å². The molecule has 3 unspecified atom stereocenters. The number of nitrogens with one attached hydrogen (secondary N) is 1. The van der Waals surface area contributed by atoms with Gasteiger partial charge in [0, 0.05) is 6.42 Å². The molecule has 1 aliphatic carbocycles. The van der Waals surface area contributed by atoms with Crippen molar-refractivity contribution in [1.29, 1.82) is 0 Å². The number of amides is 1. The van der Waals surface area contributed by atoms with Crippen molar-refractivity contribution in [3.63, 3.8) is 0 Å². The standard InChI is InChI=1S/C12H20Br3NO2/c1-4-7-5-8(11(7,2)3)6-9(17)16-10(18)12(13,14)15/h7-8,10,18H,4-6H2,1-3H3,(H,16,17). The lowest BCUT2D eigenvalue weighted by molar-refractivity contribution is -0.129. The van der Waals surface area contributed by atoms with Gasteiger partial charge in [-0.3, -0.25) is 4.79 Å². The number of aliphatic hydroxyl groups excluding tert-OH is 1. The normalized spacial score (nSPS) is 28.4. The first kappa shape index (κ1) is 16.9. The molecular formula is C12H20Br3NO2. The lowest BCUT2D eigenvalue weighted by Gasteiger charge is -2.52. The molecule has 6 heteroatoms. The van der Waals surface area contributed by atoms with Crippen LogP contribution in [0, 0.1) is 17.3 Å². The Hall–Kier alpha value is 0.870. The predicted molar refractivity (Wildman–Crippen MR) is 83.9 cm³/mol. The van der Waals surface area contributed by atoms with Crippen molar-refractivity contribution in [3.8, 4) is 0 Å². The fourth-order valence-corrected chi connectivity index (χ4v) is 3.02. The summed E-state index contributed by atoms with van der Waals surface area (Å²) in [4.78, 5) is 11.9. The number of hydrogen-bond donors (Lipinski definition) is 2. The van der Waals surface area contributed by atoms with Crippen LogP contribution in [-0.2, 0) is 4.79 Å². The van der Waals surface area contributed by atoms with Crippen LogP contribution in [0.2, 0.25) is 0 Å². The Morgan fingerprint density at radius 3 is 2.39 bits per heavy atom. The largest absolute Gasteiger partial charge is 0.370 e. The minimum atomic E-state index is -1.02. The van der Waals surface area contributed by atoms with E-state index in [2.05, 4.69) is 73.9 Å². The van der Waals surface area contributed by atoms with Gasteiger partial charge in [-0.15, -0.1) is 0 Å². The number of hydrogen-bond acceptors (Lipinski definition) is 2. The van der Waals surface area contributed by atoms with Crippen LogP contribution in [0.1, 0.15) is 40.0 Å². The quantitative estimate of drug-likeness (QED) is 0.507. The molecule has 0 bridgehead atoms. The van der Waals surface area contributed by atoms with Crippen molar-refractivity contribution in [2.45, 2.75) is 48.4 Å². The van der Waals surface area contributed by atoms with Gasteiger partial charge in [-0.2, -0.15) is 0 Å². The molecule has 3 nitrogen and oxygen atoms in total. The molecular weight excluding hydrogens is 430 g/mol. The van der Waals surface area contributed by atoms with Crippen molar-refractivity contribution >= 4 is 53.7 Å². The molecule has 0 heterocycles. The highest BCUT2D eigenvalue weighted by atomic mass is 80.0. The molecule has 0 radical (unpaired) electrons. The molecule has 2 N–H and O–H groups in total. The molecule has 0 aliphatic heterocycles. The molecule has 0 spiro atoms. The number of rotatable bonds is 4. The van der Waals surface area contributed by atoms with Crippen molar-refractivity contribution in [2.75, 3.05) is 0 Å². The summed E-state index contributed by atoms with van der Waals surface area (Å²) in [7, 11) is 0. The average Bonchev–Trinajstić information content (AvgIpc) is 2.22. The Labute approximate surface area is 134 Å². The minimum Gasteiger partial charge on any atom is -0.370 e. The Balaban J connectivity index is 2.44. The molecule has 3 atom stereocenters. The summed E-state index contributed by atoms with van der Waals surface area (Å²) >= 11 is 9.54. The van der Waals surface area contributed by atoms with E-state index in [0.29, 0.717) is 18.3 Å². The highest BCUT2D eigenvalue weighted by Crippen LogP contribution is 2.54. The van der Waals surface area contributed by atoms with E-state index in [9.17, 15) is 9.90 Å².